The maximum atomic E-state index is 13.9. The van der Waals surface area contributed by atoms with Crippen LogP contribution in [-0.2, 0) is 0 Å². The first-order valence-corrected chi connectivity index (χ1v) is 23.0. The summed E-state index contributed by atoms with van der Waals surface area (Å²) >= 11 is 0. The van der Waals surface area contributed by atoms with Crippen molar-refractivity contribution in [3.63, 3.8) is 0 Å². The second-order valence-corrected chi connectivity index (χ2v) is 17.4. The van der Waals surface area contributed by atoms with Gasteiger partial charge < -0.3 is 14.2 Å². The highest BCUT2D eigenvalue weighted by molar-refractivity contribution is 6.11. The third-order valence-corrected chi connectivity index (χ3v) is 13.5. The Morgan fingerprint density at radius 3 is 1.51 bits per heavy atom. The Morgan fingerprint density at radius 2 is 0.824 bits per heavy atom. The highest BCUT2D eigenvalue weighted by atomic mass is 19.1. The normalized spacial score (nSPS) is 11.7. The second-order valence-electron chi connectivity index (χ2n) is 17.4. The van der Waals surface area contributed by atoms with E-state index < -0.39 is 0 Å². The summed E-state index contributed by atoms with van der Waals surface area (Å²) < 4.78 is 22.5. The summed E-state index contributed by atoms with van der Waals surface area (Å²) in [4.78, 5) is 2.33. The van der Waals surface area contributed by atoms with Gasteiger partial charge in [-0.3, -0.25) is 0 Å². The van der Waals surface area contributed by atoms with Gasteiger partial charge >= 0.3 is 0 Å². The molecule has 0 aliphatic carbocycles. The number of nitrogens with zero attached hydrogens (tertiary/aromatic N) is 2. The van der Waals surface area contributed by atoms with Crippen molar-refractivity contribution in [3.8, 4) is 72.8 Å². The summed E-state index contributed by atoms with van der Waals surface area (Å²) in [6.07, 6.45) is 0. The molecule has 13 rings (SSSR count). The van der Waals surface area contributed by atoms with E-state index in [1.807, 2.05) is 24.3 Å². The molecule has 11 aromatic carbocycles. The molecule has 1 aliphatic heterocycles. The first-order valence-electron chi connectivity index (χ1n) is 23.0. The van der Waals surface area contributed by atoms with Crippen LogP contribution in [0, 0.1) is 5.82 Å². The van der Waals surface area contributed by atoms with Gasteiger partial charge in [0.05, 0.1) is 11.0 Å². The molecule has 320 valence electrons. The highest BCUT2D eigenvalue weighted by Gasteiger charge is 2.22. The van der Waals surface area contributed by atoms with Crippen molar-refractivity contribution in [3.05, 3.63) is 255 Å². The first kappa shape index (κ1) is 39.4. The third kappa shape index (κ3) is 6.73. The van der Waals surface area contributed by atoms with Crippen molar-refractivity contribution in [1.82, 2.24) is 4.57 Å². The smallest absolute Gasteiger partial charge is 0.135 e. The van der Waals surface area contributed by atoms with Crippen LogP contribution in [-0.4, -0.2) is 4.57 Å². The van der Waals surface area contributed by atoms with E-state index in [2.05, 4.69) is 222 Å². The lowest BCUT2D eigenvalue weighted by atomic mass is 9.90. The van der Waals surface area contributed by atoms with Gasteiger partial charge in [0.25, 0.3) is 0 Å². The lowest BCUT2D eigenvalue weighted by Crippen LogP contribution is -2.09. The average Bonchev–Trinajstić information content (AvgIpc) is 3.74. The number of hydrogen-bond acceptors (Lipinski definition) is 2. The number of rotatable bonds is 8. The van der Waals surface area contributed by atoms with E-state index in [0.29, 0.717) is 0 Å². The van der Waals surface area contributed by atoms with E-state index in [9.17, 15) is 4.39 Å². The van der Waals surface area contributed by atoms with Gasteiger partial charge in [-0.2, -0.15) is 0 Å². The topological polar surface area (TPSA) is 17.4 Å². The Labute approximate surface area is 393 Å². The maximum Gasteiger partial charge on any atom is 0.135 e. The van der Waals surface area contributed by atoms with Crippen molar-refractivity contribution < 1.29 is 9.13 Å². The van der Waals surface area contributed by atoms with Crippen molar-refractivity contribution in [2.75, 3.05) is 4.90 Å². The lowest BCUT2D eigenvalue weighted by molar-refractivity contribution is 0.487. The Balaban J connectivity index is 0.825. The number of aromatic nitrogens is 1. The van der Waals surface area contributed by atoms with Crippen LogP contribution in [0.1, 0.15) is 0 Å². The van der Waals surface area contributed by atoms with Crippen LogP contribution in [0.3, 0.4) is 0 Å². The number of anilines is 3. The zero-order chi connectivity index (χ0) is 45.1. The van der Waals surface area contributed by atoms with Gasteiger partial charge in [-0.05, 0) is 146 Å². The average molecular weight is 873 g/mol. The van der Waals surface area contributed by atoms with Gasteiger partial charge in [-0.1, -0.05) is 158 Å². The number of hydrogen-bond donors (Lipinski definition) is 0. The SMILES string of the molecule is Fc1ccc(-n2c3ccccc3c3cc(-c4ccc(-c5ccc(N(c6ccc(-c7ccccc7)cc6)c6ccc(-c7ccc8c9c(cccc79)Oc7ccccc7-8)cc6)cc5)cc4)ccc32)cc1. The molecule has 68 heavy (non-hydrogen) atoms. The van der Waals surface area contributed by atoms with Crippen LogP contribution in [0.5, 0.6) is 11.5 Å². The monoisotopic (exact) mass is 872 g/mol. The molecule has 4 heteroatoms. The maximum absolute atomic E-state index is 13.9. The van der Waals surface area contributed by atoms with Crippen molar-refractivity contribution >= 4 is 49.6 Å². The van der Waals surface area contributed by atoms with E-state index >= 15 is 0 Å². The first-order chi connectivity index (χ1) is 33.6. The number of ether oxygens (including phenoxy) is 1. The van der Waals surface area contributed by atoms with Crippen LogP contribution in [0.15, 0.2) is 249 Å². The van der Waals surface area contributed by atoms with Crippen LogP contribution in [0.25, 0.3) is 93.9 Å². The van der Waals surface area contributed by atoms with E-state index in [0.717, 1.165) is 94.8 Å². The number of fused-ring (bicyclic) bond motifs is 5. The molecule has 0 spiro atoms. The summed E-state index contributed by atoms with van der Waals surface area (Å²) in [5, 5.41) is 4.65. The van der Waals surface area contributed by atoms with E-state index in [1.165, 1.54) is 39.8 Å². The van der Waals surface area contributed by atoms with E-state index in [4.69, 9.17) is 4.74 Å². The molecule has 12 aromatic rings. The molecule has 0 saturated carbocycles. The van der Waals surface area contributed by atoms with Gasteiger partial charge in [-0.25, -0.2) is 4.39 Å². The quantitative estimate of drug-likeness (QED) is 0.151. The van der Waals surface area contributed by atoms with Gasteiger partial charge in [0.2, 0.25) is 0 Å². The fourth-order valence-corrected chi connectivity index (χ4v) is 10.2. The Hall–Kier alpha value is -8.99. The summed E-state index contributed by atoms with van der Waals surface area (Å²) in [6, 6.07) is 86.9. The minimum atomic E-state index is -0.242. The zero-order valence-corrected chi connectivity index (χ0v) is 36.9. The van der Waals surface area contributed by atoms with Crippen LogP contribution in [0.4, 0.5) is 21.5 Å². The Morgan fingerprint density at radius 1 is 0.324 bits per heavy atom. The fraction of sp³-hybridized carbons (Fsp3) is 0. The van der Waals surface area contributed by atoms with Crippen LogP contribution < -0.4 is 9.64 Å². The standard InChI is InChI=1S/C64H41FN2O/c65-49-28-36-53(37-29-49)67-60-14-6-4-11-55(60)59-41-48(27-40-61(59)67)46-19-17-43(18-20-46)45-23-32-51(33-24-45)66(50-30-21-44(22-31-50)42-9-2-1-3-10-42)52-34-25-47(26-35-52)54-38-39-58-56-12-5-7-15-62(56)68-63-16-8-13-57(54)64(58)63/h1-41H. The minimum Gasteiger partial charge on any atom is -0.456 e. The largest absolute Gasteiger partial charge is 0.456 e. The highest BCUT2D eigenvalue weighted by Crippen LogP contribution is 2.49. The number of para-hydroxylation sites is 2. The molecule has 3 nitrogen and oxygen atoms in total. The molecule has 0 N–H and O–H groups in total. The molecule has 0 saturated heterocycles. The van der Waals surface area contributed by atoms with Gasteiger partial charge in [0, 0.05) is 44.5 Å². The molecule has 0 bridgehead atoms. The number of halogens is 1. The molecule has 0 unspecified atom stereocenters. The Kier molecular flexibility index (Phi) is 9.36. The fourth-order valence-electron chi connectivity index (χ4n) is 10.2. The predicted molar refractivity (Wildman–Crippen MR) is 280 cm³/mol. The summed E-state index contributed by atoms with van der Waals surface area (Å²) in [7, 11) is 0. The molecule has 0 atom stereocenters. The van der Waals surface area contributed by atoms with Crippen molar-refractivity contribution in [2.24, 2.45) is 0 Å². The zero-order valence-electron chi connectivity index (χ0n) is 36.9. The summed E-state index contributed by atoms with van der Waals surface area (Å²) in [5.74, 6) is 1.54. The van der Waals surface area contributed by atoms with E-state index in [1.54, 1.807) is 0 Å². The third-order valence-electron chi connectivity index (χ3n) is 13.5. The second kappa shape index (κ2) is 16.2. The Bertz CT molecular complexity index is 3840. The molecule has 1 aliphatic rings. The van der Waals surface area contributed by atoms with E-state index in [-0.39, 0.29) is 5.82 Å². The van der Waals surface area contributed by atoms with Gasteiger partial charge in [0.1, 0.15) is 17.3 Å². The molecule has 2 heterocycles. The predicted octanol–water partition coefficient (Wildman–Crippen LogP) is 18.0. The molecule has 0 amide bonds. The molecule has 0 fully saturated rings. The van der Waals surface area contributed by atoms with Gasteiger partial charge in [-0.15, -0.1) is 0 Å². The van der Waals surface area contributed by atoms with Crippen LogP contribution in [0.2, 0.25) is 0 Å². The minimum absolute atomic E-state index is 0.242. The lowest BCUT2D eigenvalue weighted by Gasteiger charge is -2.26. The van der Waals surface area contributed by atoms with Crippen molar-refractivity contribution in [1.29, 1.82) is 0 Å². The molecular formula is C64H41FN2O. The summed E-state index contributed by atoms with van der Waals surface area (Å²) in [5.41, 5.74) is 17.9. The summed E-state index contributed by atoms with van der Waals surface area (Å²) in [6.45, 7) is 0. The molecule has 1 aromatic heterocycles. The van der Waals surface area contributed by atoms with Crippen molar-refractivity contribution in [2.45, 2.75) is 0 Å². The number of benzene rings is 11. The van der Waals surface area contributed by atoms with Crippen LogP contribution >= 0.6 is 0 Å². The van der Waals surface area contributed by atoms with Gasteiger partial charge in [0.15, 0.2) is 0 Å². The molecule has 0 radical (unpaired) electrons. The molecular weight excluding hydrogens is 832 g/mol.